The number of aromatic nitrogens is 3. The molecule has 4 rings (SSSR count). The summed E-state index contributed by atoms with van der Waals surface area (Å²) < 4.78 is 0. The molecular weight excluding hydrogens is 246 g/mol. The Morgan fingerprint density at radius 1 is 1.20 bits per heavy atom. The fraction of sp³-hybridized carbons (Fsp3) is 0.294. The number of aromatic amines is 1. The van der Waals surface area contributed by atoms with Crippen LogP contribution in [0.2, 0.25) is 0 Å². The Kier molecular flexibility index (Phi) is 2.59. The summed E-state index contributed by atoms with van der Waals surface area (Å²) >= 11 is 0. The molecule has 2 aromatic heterocycles. The molecular formula is C17H17N3. The number of pyridine rings is 1. The topological polar surface area (TPSA) is 41.6 Å². The Morgan fingerprint density at radius 2 is 2.10 bits per heavy atom. The van der Waals surface area contributed by atoms with Crippen molar-refractivity contribution >= 4 is 11.0 Å². The van der Waals surface area contributed by atoms with Crippen LogP contribution in [0.15, 0.2) is 42.7 Å². The second-order valence-electron chi connectivity index (χ2n) is 5.65. The molecule has 2 heterocycles. The van der Waals surface area contributed by atoms with Crippen LogP contribution in [0, 0.1) is 0 Å². The molecule has 1 fully saturated rings. The zero-order valence-corrected chi connectivity index (χ0v) is 11.5. The molecule has 1 aliphatic carbocycles. The van der Waals surface area contributed by atoms with Gasteiger partial charge in [-0.1, -0.05) is 25.1 Å². The van der Waals surface area contributed by atoms with Gasteiger partial charge in [-0.15, -0.1) is 0 Å². The number of para-hydroxylation sites is 1. The lowest BCUT2D eigenvalue weighted by atomic mass is 9.93. The molecule has 100 valence electrons. The molecule has 0 saturated heterocycles. The van der Waals surface area contributed by atoms with Gasteiger partial charge in [0.05, 0.1) is 11.0 Å². The number of rotatable bonds is 3. The predicted molar refractivity (Wildman–Crippen MR) is 79.8 cm³/mol. The van der Waals surface area contributed by atoms with Crippen LogP contribution < -0.4 is 0 Å². The van der Waals surface area contributed by atoms with Crippen LogP contribution in [0.25, 0.3) is 11.0 Å². The summed E-state index contributed by atoms with van der Waals surface area (Å²) in [5.41, 5.74) is 4.78. The van der Waals surface area contributed by atoms with Gasteiger partial charge in [-0.25, -0.2) is 4.98 Å². The standard InChI is InChI=1S/C17H17N3/c1-11(13-4-3-9-18-10-13)14-5-2-6-15-16(14)20-17(19-15)12-7-8-12/h2-6,9-12H,7-8H2,1H3,(H,19,20). The maximum Gasteiger partial charge on any atom is 0.110 e. The van der Waals surface area contributed by atoms with Gasteiger partial charge >= 0.3 is 0 Å². The molecule has 0 amide bonds. The van der Waals surface area contributed by atoms with E-state index in [0.717, 1.165) is 16.9 Å². The molecule has 1 aromatic carbocycles. The Labute approximate surface area is 118 Å². The zero-order chi connectivity index (χ0) is 13.5. The lowest BCUT2D eigenvalue weighted by molar-refractivity contribution is 0.915. The summed E-state index contributed by atoms with van der Waals surface area (Å²) in [5.74, 6) is 2.12. The highest BCUT2D eigenvalue weighted by Gasteiger charge is 2.27. The zero-order valence-electron chi connectivity index (χ0n) is 11.5. The van der Waals surface area contributed by atoms with Crippen molar-refractivity contribution in [1.82, 2.24) is 15.0 Å². The number of benzene rings is 1. The van der Waals surface area contributed by atoms with E-state index in [0.29, 0.717) is 11.8 Å². The van der Waals surface area contributed by atoms with Gasteiger partial charge in [0.1, 0.15) is 5.82 Å². The Bertz CT molecular complexity index is 741. The molecule has 1 atom stereocenters. The summed E-state index contributed by atoms with van der Waals surface area (Å²) in [6, 6.07) is 10.5. The van der Waals surface area contributed by atoms with E-state index in [1.807, 2.05) is 18.5 Å². The molecule has 0 aliphatic heterocycles. The van der Waals surface area contributed by atoms with Crippen molar-refractivity contribution in [2.45, 2.75) is 31.6 Å². The number of nitrogens with zero attached hydrogens (tertiary/aromatic N) is 2. The van der Waals surface area contributed by atoms with Crippen molar-refractivity contribution in [2.24, 2.45) is 0 Å². The maximum absolute atomic E-state index is 4.85. The summed E-state index contributed by atoms with van der Waals surface area (Å²) in [4.78, 5) is 12.5. The van der Waals surface area contributed by atoms with E-state index in [9.17, 15) is 0 Å². The SMILES string of the molecule is CC(c1cccnc1)c1cccc2[nH]c(C3CC3)nc12. The predicted octanol–water partition coefficient (Wildman–Crippen LogP) is 3.99. The van der Waals surface area contributed by atoms with Crippen molar-refractivity contribution in [2.75, 3.05) is 0 Å². The average molecular weight is 263 g/mol. The average Bonchev–Trinajstić information content (AvgIpc) is 3.26. The van der Waals surface area contributed by atoms with Gasteiger partial charge in [0.15, 0.2) is 0 Å². The van der Waals surface area contributed by atoms with Gasteiger partial charge in [-0.3, -0.25) is 4.98 Å². The third kappa shape index (κ3) is 1.90. The number of hydrogen-bond donors (Lipinski definition) is 1. The lowest BCUT2D eigenvalue weighted by Crippen LogP contribution is -1.97. The fourth-order valence-corrected chi connectivity index (χ4v) is 2.78. The van der Waals surface area contributed by atoms with E-state index in [1.54, 1.807) is 0 Å². The molecule has 1 N–H and O–H groups in total. The Morgan fingerprint density at radius 3 is 2.85 bits per heavy atom. The molecule has 3 heteroatoms. The Balaban J connectivity index is 1.82. The summed E-state index contributed by atoms with van der Waals surface area (Å²) in [6.07, 6.45) is 6.30. The number of fused-ring (bicyclic) bond motifs is 1. The highest BCUT2D eigenvalue weighted by Crippen LogP contribution is 2.40. The smallest absolute Gasteiger partial charge is 0.110 e. The van der Waals surface area contributed by atoms with Crippen LogP contribution in [-0.4, -0.2) is 15.0 Å². The van der Waals surface area contributed by atoms with E-state index < -0.39 is 0 Å². The number of H-pyrrole nitrogens is 1. The minimum absolute atomic E-state index is 0.308. The number of hydrogen-bond acceptors (Lipinski definition) is 2. The summed E-state index contributed by atoms with van der Waals surface area (Å²) in [7, 11) is 0. The molecule has 0 bridgehead atoms. The van der Waals surface area contributed by atoms with Gasteiger partial charge in [0.2, 0.25) is 0 Å². The lowest BCUT2D eigenvalue weighted by Gasteiger charge is -2.12. The van der Waals surface area contributed by atoms with Gasteiger partial charge in [-0.2, -0.15) is 0 Å². The Hall–Kier alpha value is -2.16. The second-order valence-corrected chi connectivity index (χ2v) is 5.65. The first-order chi connectivity index (χ1) is 9.83. The van der Waals surface area contributed by atoms with Crippen LogP contribution in [0.4, 0.5) is 0 Å². The first-order valence-corrected chi connectivity index (χ1v) is 7.21. The molecule has 3 aromatic rings. The van der Waals surface area contributed by atoms with E-state index in [-0.39, 0.29) is 0 Å². The third-order valence-electron chi connectivity index (χ3n) is 4.18. The van der Waals surface area contributed by atoms with Crippen LogP contribution in [0.3, 0.4) is 0 Å². The fourth-order valence-electron chi connectivity index (χ4n) is 2.78. The van der Waals surface area contributed by atoms with Crippen molar-refractivity contribution in [1.29, 1.82) is 0 Å². The summed E-state index contributed by atoms with van der Waals surface area (Å²) in [5, 5.41) is 0. The normalized spacial score (nSPS) is 16.4. The first-order valence-electron chi connectivity index (χ1n) is 7.21. The van der Waals surface area contributed by atoms with Gasteiger partial charge in [-0.05, 0) is 36.1 Å². The molecule has 20 heavy (non-hydrogen) atoms. The monoisotopic (exact) mass is 263 g/mol. The molecule has 1 aliphatic rings. The minimum Gasteiger partial charge on any atom is -0.342 e. The van der Waals surface area contributed by atoms with Crippen LogP contribution in [0.1, 0.15) is 48.6 Å². The molecule has 1 unspecified atom stereocenters. The number of imidazole rings is 1. The summed E-state index contributed by atoms with van der Waals surface area (Å²) in [6.45, 7) is 2.22. The van der Waals surface area contributed by atoms with Gasteiger partial charge in [0.25, 0.3) is 0 Å². The van der Waals surface area contributed by atoms with Crippen LogP contribution in [0.5, 0.6) is 0 Å². The van der Waals surface area contributed by atoms with E-state index >= 15 is 0 Å². The molecule has 1 saturated carbocycles. The molecule has 3 nitrogen and oxygen atoms in total. The van der Waals surface area contributed by atoms with Gasteiger partial charge < -0.3 is 4.98 Å². The third-order valence-corrected chi connectivity index (χ3v) is 4.18. The maximum atomic E-state index is 4.85. The van der Waals surface area contributed by atoms with Crippen molar-refractivity contribution in [3.8, 4) is 0 Å². The highest BCUT2D eigenvalue weighted by atomic mass is 14.9. The second kappa shape index (κ2) is 4.44. The van der Waals surface area contributed by atoms with E-state index in [4.69, 9.17) is 4.98 Å². The highest BCUT2D eigenvalue weighted by molar-refractivity contribution is 5.80. The first kappa shape index (κ1) is 11.6. The van der Waals surface area contributed by atoms with Crippen molar-refractivity contribution in [3.63, 3.8) is 0 Å². The van der Waals surface area contributed by atoms with Crippen LogP contribution in [-0.2, 0) is 0 Å². The van der Waals surface area contributed by atoms with E-state index in [1.165, 1.54) is 24.0 Å². The van der Waals surface area contributed by atoms with E-state index in [2.05, 4.69) is 41.2 Å². The largest absolute Gasteiger partial charge is 0.342 e. The van der Waals surface area contributed by atoms with Gasteiger partial charge in [0, 0.05) is 24.2 Å². The number of nitrogens with one attached hydrogen (secondary N) is 1. The van der Waals surface area contributed by atoms with Crippen molar-refractivity contribution in [3.05, 3.63) is 59.7 Å². The molecule has 0 spiro atoms. The van der Waals surface area contributed by atoms with Crippen molar-refractivity contribution < 1.29 is 0 Å². The minimum atomic E-state index is 0.308. The molecule has 0 radical (unpaired) electrons. The van der Waals surface area contributed by atoms with Crippen LogP contribution >= 0.6 is 0 Å². The quantitative estimate of drug-likeness (QED) is 0.776.